The van der Waals surface area contributed by atoms with Crippen LogP contribution < -0.4 is 5.32 Å². The third kappa shape index (κ3) is 3.78. The molecule has 1 amide bonds. The van der Waals surface area contributed by atoms with E-state index in [0.29, 0.717) is 18.4 Å². The largest absolute Gasteiger partial charge is 0.376 e. The van der Waals surface area contributed by atoms with Crippen LogP contribution in [0.3, 0.4) is 0 Å². The standard InChI is InChI=1S/C19H22FN3O3/c20-15-3-1-13(2-4-15)10-23-8-6-14-12-25-18(16(14)11-23)9-21-19(24)17-5-7-22-26-17/h1-5,7,14,16,18H,6,8-12H2,(H,21,24)/t14-,16-,18+/m1/s1. The lowest BCUT2D eigenvalue weighted by molar-refractivity contribution is 0.0664. The summed E-state index contributed by atoms with van der Waals surface area (Å²) in [5, 5.41) is 6.42. The fourth-order valence-electron chi connectivity index (χ4n) is 3.92. The molecule has 0 unspecified atom stereocenters. The molecule has 0 bridgehead atoms. The van der Waals surface area contributed by atoms with Gasteiger partial charge in [-0.3, -0.25) is 9.69 Å². The summed E-state index contributed by atoms with van der Waals surface area (Å²) in [6.45, 7) is 3.95. The molecule has 2 aromatic rings. The van der Waals surface area contributed by atoms with Crippen LogP contribution in [0.5, 0.6) is 0 Å². The van der Waals surface area contributed by atoms with Gasteiger partial charge in [0.25, 0.3) is 5.91 Å². The van der Waals surface area contributed by atoms with Crippen molar-refractivity contribution in [2.75, 3.05) is 26.2 Å². The number of rotatable bonds is 5. The highest BCUT2D eigenvalue weighted by molar-refractivity contribution is 5.91. The maximum Gasteiger partial charge on any atom is 0.289 e. The Hall–Kier alpha value is -2.25. The van der Waals surface area contributed by atoms with Crippen LogP contribution in [0.2, 0.25) is 0 Å². The van der Waals surface area contributed by atoms with E-state index in [2.05, 4.69) is 15.4 Å². The first-order valence-electron chi connectivity index (χ1n) is 8.96. The zero-order valence-corrected chi connectivity index (χ0v) is 14.4. The van der Waals surface area contributed by atoms with Crippen molar-refractivity contribution in [3.05, 3.63) is 53.7 Å². The van der Waals surface area contributed by atoms with E-state index >= 15 is 0 Å². The van der Waals surface area contributed by atoms with Gasteiger partial charge in [-0.25, -0.2) is 4.39 Å². The predicted octanol–water partition coefficient (Wildman–Crippen LogP) is 2.08. The van der Waals surface area contributed by atoms with E-state index in [1.54, 1.807) is 6.07 Å². The second-order valence-electron chi connectivity index (χ2n) is 7.03. The Morgan fingerprint density at radius 2 is 2.15 bits per heavy atom. The first kappa shape index (κ1) is 17.2. The van der Waals surface area contributed by atoms with E-state index in [1.807, 2.05) is 12.1 Å². The van der Waals surface area contributed by atoms with Crippen LogP contribution in [-0.2, 0) is 11.3 Å². The zero-order chi connectivity index (χ0) is 17.9. The van der Waals surface area contributed by atoms with E-state index in [9.17, 15) is 9.18 Å². The molecule has 0 saturated carbocycles. The highest BCUT2D eigenvalue weighted by atomic mass is 19.1. The van der Waals surface area contributed by atoms with Gasteiger partial charge in [0.2, 0.25) is 5.76 Å². The van der Waals surface area contributed by atoms with Crippen molar-refractivity contribution in [3.63, 3.8) is 0 Å². The number of aromatic nitrogens is 1. The molecular formula is C19H22FN3O3. The van der Waals surface area contributed by atoms with Crippen LogP contribution in [-0.4, -0.2) is 48.3 Å². The van der Waals surface area contributed by atoms with Crippen LogP contribution >= 0.6 is 0 Å². The van der Waals surface area contributed by atoms with Crippen LogP contribution in [0.1, 0.15) is 22.5 Å². The number of likely N-dealkylation sites (tertiary alicyclic amines) is 1. The maximum atomic E-state index is 13.1. The van der Waals surface area contributed by atoms with Crippen molar-refractivity contribution >= 4 is 5.91 Å². The summed E-state index contributed by atoms with van der Waals surface area (Å²) >= 11 is 0. The Morgan fingerprint density at radius 3 is 2.92 bits per heavy atom. The van der Waals surface area contributed by atoms with Gasteiger partial charge in [-0.1, -0.05) is 17.3 Å². The number of ether oxygens (including phenoxy) is 1. The Balaban J connectivity index is 1.33. The maximum absolute atomic E-state index is 13.1. The highest BCUT2D eigenvalue weighted by Crippen LogP contribution is 2.34. The number of nitrogens with one attached hydrogen (secondary N) is 1. The van der Waals surface area contributed by atoms with Gasteiger partial charge in [0.05, 0.1) is 18.9 Å². The summed E-state index contributed by atoms with van der Waals surface area (Å²) in [7, 11) is 0. The molecule has 2 aliphatic rings. The summed E-state index contributed by atoms with van der Waals surface area (Å²) < 4.78 is 23.9. The van der Waals surface area contributed by atoms with Crippen molar-refractivity contribution in [3.8, 4) is 0 Å². The molecule has 2 aliphatic heterocycles. The van der Waals surface area contributed by atoms with E-state index in [1.165, 1.54) is 18.3 Å². The van der Waals surface area contributed by atoms with Crippen LogP contribution in [0.25, 0.3) is 0 Å². The van der Waals surface area contributed by atoms with E-state index in [4.69, 9.17) is 9.26 Å². The van der Waals surface area contributed by atoms with Crippen LogP contribution in [0, 0.1) is 17.7 Å². The van der Waals surface area contributed by atoms with Gasteiger partial charge < -0.3 is 14.6 Å². The van der Waals surface area contributed by atoms with Crippen LogP contribution in [0.4, 0.5) is 4.39 Å². The number of carbonyl (C=O) groups excluding carboxylic acids is 1. The molecule has 4 rings (SSSR count). The molecule has 0 aliphatic carbocycles. The molecule has 0 spiro atoms. The predicted molar refractivity (Wildman–Crippen MR) is 91.9 cm³/mol. The van der Waals surface area contributed by atoms with E-state index in [-0.39, 0.29) is 23.6 Å². The number of nitrogens with zero attached hydrogens (tertiary/aromatic N) is 2. The minimum Gasteiger partial charge on any atom is -0.376 e. The van der Waals surface area contributed by atoms with E-state index in [0.717, 1.165) is 38.2 Å². The van der Waals surface area contributed by atoms with Crippen molar-refractivity contribution in [1.29, 1.82) is 0 Å². The van der Waals surface area contributed by atoms with Gasteiger partial charge >= 0.3 is 0 Å². The van der Waals surface area contributed by atoms with Gasteiger partial charge in [-0.05, 0) is 36.6 Å². The van der Waals surface area contributed by atoms with Gasteiger partial charge in [0.15, 0.2) is 0 Å². The average Bonchev–Trinajstić information content (AvgIpc) is 3.31. The lowest BCUT2D eigenvalue weighted by Crippen LogP contribution is -2.45. The van der Waals surface area contributed by atoms with Crippen molar-refractivity contribution in [2.45, 2.75) is 19.1 Å². The Labute approximate surface area is 151 Å². The minimum absolute atomic E-state index is 0.00268. The lowest BCUT2D eigenvalue weighted by Gasteiger charge is -2.36. The molecule has 0 radical (unpaired) electrons. The highest BCUT2D eigenvalue weighted by Gasteiger charge is 2.40. The zero-order valence-electron chi connectivity index (χ0n) is 14.4. The first-order chi connectivity index (χ1) is 12.7. The van der Waals surface area contributed by atoms with E-state index < -0.39 is 0 Å². The van der Waals surface area contributed by atoms with Crippen molar-refractivity contribution < 1.29 is 18.4 Å². The Kier molecular flexibility index (Phi) is 4.99. The molecule has 26 heavy (non-hydrogen) atoms. The molecule has 7 heteroatoms. The smallest absolute Gasteiger partial charge is 0.289 e. The minimum atomic E-state index is -0.270. The fraction of sp³-hybridized carbons (Fsp3) is 0.474. The molecule has 3 atom stereocenters. The number of halogens is 1. The number of benzene rings is 1. The molecule has 6 nitrogen and oxygen atoms in total. The van der Waals surface area contributed by atoms with Gasteiger partial charge in [0.1, 0.15) is 5.82 Å². The summed E-state index contributed by atoms with van der Waals surface area (Å²) in [6.07, 6.45) is 2.53. The topological polar surface area (TPSA) is 67.6 Å². The third-order valence-electron chi connectivity index (χ3n) is 5.34. The second kappa shape index (κ2) is 7.55. The molecule has 2 fully saturated rings. The monoisotopic (exact) mass is 359 g/mol. The van der Waals surface area contributed by atoms with Gasteiger partial charge in [0, 0.05) is 31.6 Å². The van der Waals surface area contributed by atoms with Gasteiger partial charge in [-0.2, -0.15) is 0 Å². The van der Waals surface area contributed by atoms with Gasteiger partial charge in [-0.15, -0.1) is 0 Å². The number of amides is 1. The molecule has 1 aromatic carbocycles. The molecule has 2 saturated heterocycles. The first-order valence-corrected chi connectivity index (χ1v) is 8.96. The summed E-state index contributed by atoms with van der Waals surface area (Å²) in [5.41, 5.74) is 1.11. The molecular weight excluding hydrogens is 337 g/mol. The third-order valence-corrected chi connectivity index (χ3v) is 5.34. The quantitative estimate of drug-likeness (QED) is 0.885. The van der Waals surface area contributed by atoms with Crippen molar-refractivity contribution in [2.24, 2.45) is 11.8 Å². The number of carbonyl (C=O) groups is 1. The normalized spacial score (nSPS) is 25.8. The summed E-state index contributed by atoms with van der Waals surface area (Å²) in [5.74, 6) is 0.653. The average molecular weight is 359 g/mol. The van der Waals surface area contributed by atoms with Crippen molar-refractivity contribution in [1.82, 2.24) is 15.4 Å². The Morgan fingerprint density at radius 1 is 1.31 bits per heavy atom. The summed E-state index contributed by atoms with van der Waals surface area (Å²) in [6, 6.07) is 8.22. The summed E-state index contributed by atoms with van der Waals surface area (Å²) in [4.78, 5) is 14.4. The fourth-order valence-corrected chi connectivity index (χ4v) is 3.92. The number of fused-ring (bicyclic) bond motifs is 1. The number of hydrogen-bond acceptors (Lipinski definition) is 5. The lowest BCUT2D eigenvalue weighted by atomic mass is 9.84. The molecule has 3 heterocycles. The number of piperidine rings is 1. The Bertz CT molecular complexity index is 735. The second-order valence-corrected chi connectivity index (χ2v) is 7.03. The molecule has 1 N–H and O–H groups in total. The number of hydrogen-bond donors (Lipinski definition) is 1. The van der Waals surface area contributed by atoms with Crippen LogP contribution in [0.15, 0.2) is 41.1 Å². The SMILES string of the molecule is O=C(NC[C@@H]1OC[C@H]2CCN(Cc3ccc(F)cc3)C[C@H]21)c1ccno1. The molecule has 138 valence electrons. The molecule has 1 aromatic heterocycles.